The van der Waals surface area contributed by atoms with Gasteiger partial charge in [0.25, 0.3) is 6.43 Å². The van der Waals surface area contributed by atoms with Crippen molar-refractivity contribution in [2.24, 2.45) is 7.05 Å². The maximum Gasteiger partial charge on any atom is 0.264 e. The van der Waals surface area contributed by atoms with Gasteiger partial charge in [-0.3, -0.25) is 10.1 Å². The summed E-state index contributed by atoms with van der Waals surface area (Å²) in [5, 5.41) is 17.2. The molecular formula is C32H38F2N6O. The standard InChI is InChI=1S/C32H38F2N6O/c1-21(41-32(2,3)4)39-15-13-28(37-24-11-7-6-8-12-24)27(20-39)31(35)40-14-9-10-22-16-25(23-18-36-38(5)19-23)26(30(33)34)17-29(22)40/h6-8,11-12,16-19,30,35,37H,1,9-10,13-15,20H2,2-5H3. The average Bonchev–Trinajstić information content (AvgIpc) is 3.37. The van der Waals surface area contributed by atoms with Gasteiger partial charge in [0.1, 0.15) is 11.4 Å². The molecule has 0 saturated carbocycles. The molecule has 0 bridgehead atoms. The third-order valence-corrected chi connectivity index (χ3v) is 7.37. The van der Waals surface area contributed by atoms with E-state index >= 15 is 0 Å². The first-order valence-electron chi connectivity index (χ1n) is 14.0. The van der Waals surface area contributed by atoms with Crippen LogP contribution in [0.25, 0.3) is 11.1 Å². The van der Waals surface area contributed by atoms with Crippen molar-refractivity contribution in [3.05, 3.63) is 89.7 Å². The van der Waals surface area contributed by atoms with Crippen molar-refractivity contribution in [1.82, 2.24) is 14.7 Å². The molecule has 3 heterocycles. The van der Waals surface area contributed by atoms with Crippen LogP contribution in [0, 0.1) is 5.41 Å². The van der Waals surface area contributed by atoms with Gasteiger partial charge >= 0.3 is 0 Å². The Labute approximate surface area is 240 Å². The molecule has 1 aromatic heterocycles. The lowest BCUT2D eigenvalue weighted by atomic mass is 9.92. The van der Waals surface area contributed by atoms with Crippen LogP contribution in [0.5, 0.6) is 0 Å². The van der Waals surface area contributed by atoms with E-state index in [2.05, 4.69) is 17.0 Å². The Kier molecular flexibility index (Phi) is 7.89. The third-order valence-electron chi connectivity index (χ3n) is 7.37. The second-order valence-corrected chi connectivity index (χ2v) is 11.6. The van der Waals surface area contributed by atoms with E-state index in [1.54, 1.807) is 30.2 Å². The number of fused-ring (bicyclic) bond motifs is 1. The number of benzene rings is 2. The summed E-state index contributed by atoms with van der Waals surface area (Å²) in [4.78, 5) is 3.93. The maximum absolute atomic E-state index is 14.4. The van der Waals surface area contributed by atoms with E-state index in [1.807, 2.05) is 67.0 Å². The summed E-state index contributed by atoms with van der Waals surface area (Å²) in [6.07, 6.45) is 2.94. The number of aryl methyl sites for hydroxylation is 2. The molecule has 2 N–H and O–H groups in total. The molecule has 2 aliphatic rings. The fourth-order valence-electron chi connectivity index (χ4n) is 5.48. The highest BCUT2D eigenvalue weighted by atomic mass is 19.3. The number of halogens is 2. The molecule has 2 aromatic carbocycles. The van der Waals surface area contributed by atoms with Crippen LogP contribution in [-0.4, -0.2) is 45.8 Å². The number of amidine groups is 1. The Morgan fingerprint density at radius 2 is 1.88 bits per heavy atom. The van der Waals surface area contributed by atoms with Gasteiger partial charge in [0.05, 0.1) is 12.7 Å². The van der Waals surface area contributed by atoms with Crippen molar-refractivity contribution >= 4 is 17.2 Å². The van der Waals surface area contributed by atoms with Crippen LogP contribution in [-0.2, 0) is 18.2 Å². The zero-order chi connectivity index (χ0) is 29.3. The third kappa shape index (κ3) is 6.29. The fourth-order valence-corrected chi connectivity index (χ4v) is 5.48. The van der Waals surface area contributed by atoms with Crippen LogP contribution < -0.4 is 10.2 Å². The normalized spacial score (nSPS) is 15.7. The predicted molar refractivity (Wildman–Crippen MR) is 160 cm³/mol. The molecule has 0 radical (unpaired) electrons. The van der Waals surface area contributed by atoms with Gasteiger partial charge in [-0.05, 0) is 75.6 Å². The summed E-state index contributed by atoms with van der Waals surface area (Å²) in [5.74, 6) is 0.855. The summed E-state index contributed by atoms with van der Waals surface area (Å²) in [6, 6.07) is 13.3. The molecule has 5 rings (SSSR count). The van der Waals surface area contributed by atoms with E-state index in [0.29, 0.717) is 54.6 Å². The summed E-state index contributed by atoms with van der Waals surface area (Å²) >= 11 is 0. The van der Waals surface area contributed by atoms with E-state index in [0.717, 1.165) is 35.4 Å². The van der Waals surface area contributed by atoms with Crippen molar-refractivity contribution in [1.29, 1.82) is 5.41 Å². The van der Waals surface area contributed by atoms with Gasteiger partial charge in [0.15, 0.2) is 5.88 Å². The van der Waals surface area contributed by atoms with Gasteiger partial charge in [-0.1, -0.05) is 18.2 Å². The van der Waals surface area contributed by atoms with E-state index in [4.69, 9.17) is 4.74 Å². The van der Waals surface area contributed by atoms with Crippen LogP contribution in [0.3, 0.4) is 0 Å². The first kappa shape index (κ1) is 28.4. The number of aromatic nitrogens is 2. The first-order valence-corrected chi connectivity index (χ1v) is 14.0. The lowest BCUT2D eigenvalue weighted by Gasteiger charge is -2.39. The number of ether oxygens (including phenoxy) is 1. The predicted octanol–water partition coefficient (Wildman–Crippen LogP) is 7.11. The number of hydrogen-bond donors (Lipinski definition) is 2. The zero-order valence-electron chi connectivity index (χ0n) is 24.2. The van der Waals surface area contributed by atoms with E-state index < -0.39 is 12.0 Å². The molecule has 3 aromatic rings. The van der Waals surface area contributed by atoms with Gasteiger partial charge in [-0.15, -0.1) is 0 Å². The largest absolute Gasteiger partial charge is 0.474 e. The number of para-hydroxylation sites is 1. The number of nitrogens with zero attached hydrogens (tertiary/aromatic N) is 4. The Hall–Kier alpha value is -4.14. The lowest BCUT2D eigenvalue weighted by molar-refractivity contribution is 0.00460. The number of anilines is 2. The number of alkyl halides is 2. The summed E-state index contributed by atoms with van der Waals surface area (Å²) in [7, 11) is 1.77. The lowest BCUT2D eigenvalue weighted by Crippen LogP contribution is -2.43. The van der Waals surface area contributed by atoms with Crippen LogP contribution in [0.4, 0.5) is 20.2 Å². The molecule has 9 heteroatoms. The van der Waals surface area contributed by atoms with Crippen LogP contribution in [0.1, 0.15) is 51.2 Å². The maximum atomic E-state index is 14.4. The minimum atomic E-state index is -2.66. The van der Waals surface area contributed by atoms with E-state index in [9.17, 15) is 14.2 Å². The highest BCUT2D eigenvalue weighted by molar-refractivity contribution is 6.09. The highest BCUT2D eigenvalue weighted by Crippen LogP contribution is 2.40. The van der Waals surface area contributed by atoms with Gasteiger partial charge < -0.3 is 19.9 Å². The average molecular weight is 561 g/mol. The van der Waals surface area contributed by atoms with Crippen molar-refractivity contribution in [2.75, 3.05) is 29.9 Å². The second kappa shape index (κ2) is 11.4. The minimum Gasteiger partial charge on any atom is -0.474 e. The fraction of sp³-hybridized carbons (Fsp3) is 0.375. The molecule has 0 atom stereocenters. The number of nitrogens with one attached hydrogen (secondary N) is 2. The van der Waals surface area contributed by atoms with E-state index in [-0.39, 0.29) is 5.56 Å². The molecular weight excluding hydrogens is 522 g/mol. The van der Waals surface area contributed by atoms with Gasteiger partial charge in [-0.2, -0.15) is 5.10 Å². The molecule has 41 heavy (non-hydrogen) atoms. The molecule has 0 saturated heterocycles. The Bertz CT molecular complexity index is 1470. The van der Waals surface area contributed by atoms with Crippen LogP contribution >= 0.6 is 0 Å². The molecule has 216 valence electrons. The number of hydrogen-bond acceptors (Lipinski definition) is 5. The zero-order valence-corrected chi connectivity index (χ0v) is 24.2. The van der Waals surface area contributed by atoms with Gasteiger partial charge in [0.2, 0.25) is 0 Å². The van der Waals surface area contributed by atoms with Gasteiger partial charge in [-0.25, -0.2) is 8.78 Å². The van der Waals surface area contributed by atoms with Crippen molar-refractivity contribution in [2.45, 2.75) is 52.1 Å². The molecule has 0 spiro atoms. The van der Waals surface area contributed by atoms with Crippen LogP contribution in [0.15, 0.2) is 78.6 Å². The van der Waals surface area contributed by atoms with Crippen molar-refractivity contribution < 1.29 is 13.5 Å². The molecule has 0 unspecified atom stereocenters. The first-order chi connectivity index (χ1) is 19.5. The minimum absolute atomic E-state index is 0.0507. The van der Waals surface area contributed by atoms with Crippen molar-refractivity contribution in [3.63, 3.8) is 0 Å². The Morgan fingerprint density at radius 1 is 1.12 bits per heavy atom. The molecule has 7 nitrogen and oxygen atoms in total. The van der Waals surface area contributed by atoms with Gasteiger partial charge in [0, 0.05) is 66.5 Å². The van der Waals surface area contributed by atoms with Crippen LogP contribution in [0.2, 0.25) is 0 Å². The summed E-state index contributed by atoms with van der Waals surface area (Å²) in [5.41, 5.74) is 4.99. The quantitative estimate of drug-likeness (QED) is 0.183. The highest BCUT2D eigenvalue weighted by Gasteiger charge is 2.31. The molecule has 0 amide bonds. The monoisotopic (exact) mass is 560 g/mol. The second-order valence-electron chi connectivity index (χ2n) is 11.6. The Morgan fingerprint density at radius 3 is 2.54 bits per heavy atom. The van der Waals surface area contributed by atoms with E-state index in [1.165, 1.54) is 0 Å². The topological polar surface area (TPSA) is 69.4 Å². The molecule has 2 aliphatic heterocycles. The smallest absolute Gasteiger partial charge is 0.264 e. The molecule has 0 aliphatic carbocycles. The number of rotatable bonds is 7. The van der Waals surface area contributed by atoms with Crippen molar-refractivity contribution in [3.8, 4) is 11.1 Å². The molecule has 0 fully saturated rings. The Balaban J connectivity index is 1.53. The summed E-state index contributed by atoms with van der Waals surface area (Å²) < 4.78 is 36.5. The summed E-state index contributed by atoms with van der Waals surface area (Å²) in [6.45, 7) is 11.8. The SMILES string of the molecule is C=C(OC(C)(C)C)N1CCC(Nc2ccccc2)=C(C(=N)N2CCCc3cc(-c4cnn(C)c4)c(C(F)F)cc32)C1.